The standard InChI is InChI=1S/C13H24/c1-9(2)12-7-6-11(5)13(8-12)10(3)4/h8-11,13H,6-7H2,1-5H3. The SMILES string of the molecule is CC(C)C1=CC(C(C)C)C(C)CC1. The lowest BCUT2D eigenvalue weighted by Gasteiger charge is -2.31. The summed E-state index contributed by atoms with van der Waals surface area (Å²) in [5.74, 6) is 3.28. The van der Waals surface area contributed by atoms with E-state index in [1.54, 1.807) is 5.57 Å². The summed E-state index contributed by atoms with van der Waals surface area (Å²) in [6.07, 6.45) is 5.29. The molecule has 0 saturated heterocycles. The van der Waals surface area contributed by atoms with Crippen LogP contribution in [-0.2, 0) is 0 Å². The number of hydrogen-bond donors (Lipinski definition) is 0. The molecule has 0 bridgehead atoms. The van der Waals surface area contributed by atoms with Crippen molar-refractivity contribution in [1.29, 1.82) is 0 Å². The molecular weight excluding hydrogens is 156 g/mol. The smallest absolute Gasteiger partial charge is 0.0182 e. The molecular formula is C13H24. The monoisotopic (exact) mass is 180 g/mol. The molecule has 0 radical (unpaired) electrons. The largest absolute Gasteiger partial charge is 0.0814 e. The van der Waals surface area contributed by atoms with Crippen LogP contribution in [0.25, 0.3) is 0 Å². The van der Waals surface area contributed by atoms with Gasteiger partial charge in [-0.2, -0.15) is 0 Å². The van der Waals surface area contributed by atoms with Crippen LogP contribution in [-0.4, -0.2) is 0 Å². The van der Waals surface area contributed by atoms with Crippen LogP contribution in [0.1, 0.15) is 47.5 Å². The summed E-state index contributed by atoms with van der Waals surface area (Å²) in [4.78, 5) is 0. The molecule has 0 aromatic carbocycles. The number of hydrogen-bond acceptors (Lipinski definition) is 0. The van der Waals surface area contributed by atoms with Gasteiger partial charge in [-0.15, -0.1) is 0 Å². The third-order valence-electron chi connectivity index (χ3n) is 3.46. The first-order chi connectivity index (χ1) is 6.02. The van der Waals surface area contributed by atoms with Crippen molar-refractivity contribution in [3.8, 4) is 0 Å². The van der Waals surface area contributed by atoms with Crippen molar-refractivity contribution in [2.75, 3.05) is 0 Å². The van der Waals surface area contributed by atoms with E-state index in [1.165, 1.54) is 12.8 Å². The van der Waals surface area contributed by atoms with Gasteiger partial charge in [-0.05, 0) is 36.5 Å². The second kappa shape index (κ2) is 4.30. The van der Waals surface area contributed by atoms with Gasteiger partial charge in [0.15, 0.2) is 0 Å². The lowest BCUT2D eigenvalue weighted by atomic mass is 9.74. The summed E-state index contributed by atoms with van der Waals surface area (Å²) < 4.78 is 0. The molecule has 0 spiro atoms. The van der Waals surface area contributed by atoms with E-state index >= 15 is 0 Å². The van der Waals surface area contributed by atoms with Crippen molar-refractivity contribution in [3.05, 3.63) is 11.6 Å². The molecule has 0 aliphatic heterocycles. The lowest BCUT2D eigenvalue weighted by Crippen LogP contribution is -2.21. The van der Waals surface area contributed by atoms with E-state index in [-0.39, 0.29) is 0 Å². The first-order valence-corrected chi connectivity index (χ1v) is 5.73. The second-order valence-electron chi connectivity index (χ2n) is 5.23. The Morgan fingerprint density at radius 1 is 1.23 bits per heavy atom. The predicted octanol–water partition coefficient (Wildman–Crippen LogP) is 4.27. The summed E-state index contributed by atoms with van der Waals surface area (Å²) in [5.41, 5.74) is 1.69. The van der Waals surface area contributed by atoms with Crippen molar-refractivity contribution >= 4 is 0 Å². The molecule has 2 atom stereocenters. The fraction of sp³-hybridized carbons (Fsp3) is 0.846. The molecule has 0 nitrogen and oxygen atoms in total. The van der Waals surface area contributed by atoms with Gasteiger partial charge in [0.1, 0.15) is 0 Å². The molecule has 0 heterocycles. The highest BCUT2D eigenvalue weighted by atomic mass is 14.3. The Morgan fingerprint density at radius 2 is 1.85 bits per heavy atom. The normalized spacial score (nSPS) is 29.6. The topological polar surface area (TPSA) is 0 Å². The molecule has 13 heavy (non-hydrogen) atoms. The minimum absolute atomic E-state index is 0.758. The maximum absolute atomic E-state index is 2.56. The zero-order valence-corrected chi connectivity index (χ0v) is 9.80. The predicted molar refractivity (Wildman–Crippen MR) is 59.6 cm³/mol. The number of rotatable bonds is 2. The Morgan fingerprint density at radius 3 is 2.31 bits per heavy atom. The molecule has 1 aliphatic carbocycles. The van der Waals surface area contributed by atoms with Gasteiger partial charge in [-0.25, -0.2) is 0 Å². The second-order valence-corrected chi connectivity index (χ2v) is 5.23. The summed E-state index contributed by atoms with van der Waals surface area (Å²) in [6, 6.07) is 0. The molecule has 0 saturated carbocycles. The van der Waals surface area contributed by atoms with Crippen LogP contribution >= 0.6 is 0 Å². The van der Waals surface area contributed by atoms with E-state index in [9.17, 15) is 0 Å². The average Bonchev–Trinajstić information content (AvgIpc) is 2.04. The zero-order chi connectivity index (χ0) is 10.0. The van der Waals surface area contributed by atoms with Crippen molar-refractivity contribution in [1.82, 2.24) is 0 Å². The maximum Gasteiger partial charge on any atom is -0.0182 e. The molecule has 0 heteroatoms. The summed E-state index contributed by atoms with van der Waals surface area (Å²) in [7, 11) is 0. The van der Waals surface area contributed by atoms with Gasteiger partial charge in [0.25, 0.3) is 0 Å². The zero-order valence-electron chi connectivity index (χ0n) is 9.80. The van der Waals surface area contributed by atoms with E-state index in [0.717, 1.165) is 23.7 Å². The van der Waals surface area contributed by atoms with E-state index < -0.39 is 0 Å². The van der Waals surface area contributed by atoms with Crippen LogP contribution < -0.4 is 0 Å². The Kier molecular flexibility index (Phi) is 3.58. The van der Waals surface area contributed by atoms with Gasteiger partial charge >= 0.3 is 0 Å². The molecule has 0 aromatic rings. The minimum Gasteiger partial charge on any atom is -0.0814 e. The Balaban J connectivity index is 2.75. The lowest BCUT2D eigenvalue weighted by molar-refractivity contribution is 0.295. The van der Waals surface area contributed by atoms with E-state index in [0.29, 0.717) is 0 Å². The van der Waals surface area contributed by atoms with Crippen LogP contribution in [0.5, 0.6) is 0 Å². The van der Waals surface area contributed by atoms with Gasteiger partial charge < -0.3 is 0 Å². The molecule has 0 fully saturated rings. The molecule has 2 unspecified atom stereocenters. The van der Waals surface area contributed by atoms with Crippen molar-refractivity contribution in [3.63, 3.8) is 0 Å². The van der Waals surface area contributed by atoms with Gasteiger partial charge in [0.05, 0.1) is 0 Å². The summed E-state index contributed by atoms with van der Waals surface area (Å²) in [6.45, 7) is 11.7. The van der Waals surface area contributed by atoms with E-state index in [4.69, 9.17) is 0 Å². The van der Waals surface area contributed by atoms with E-state index in [1.807, 2.05) is 0 Å². The quantitative estimate of drug-likeness (QED) is 0.557. The third kappa shape index (κ3) is 2.59. The van der Waals surface area contributed by atoms with Crippen LogP contribution in [0.15, 0.2) is 11.6 Å². The molecule has 1 rings (SSSR count). The summed E-state index contributed by atoms with van der Waals surface area (Å²) >= 11 is 0. The number of allylic oxidation sites excluding steroid dienone is 2. The van der Waals surface area contributed by atoms with Gasteiger partial charge in [0, 0.05) is 0 Å². The fourth-order valence-corrected chi connectivity index (χ4v) is 2.41. The molecule has 76 valence electrons. The minimum atomic E-state index is 0.758. The molecule has 0 amide bonds. The molecule has 1 aliphatic rings. The highest BCUT2D eigenvalue weighted by molar-refractivity contribution is 5.12. The van der Waals surface area contributed by atoms with Crippen molar-refractivity contribution in [2.45, 2.75) is 47.5 Å². The fourth-order valence-electron chi connectivity index (χ4n) is 2.41. The van der Waals surface area contributed by atoms with Gasteiger partial charge in [0.2, 0.25) is 0 Å². The van der Waals surface area contributed by atoms with Gasteiger partial charge in [-0.3, -0.25) is 0 Å². The van der Waals surface area contributed by atoms with Crippen LogP contribution in [0.2, 0.25) is 0 Å². The Hall–Kier alpha value is -0.260. The van der Waals surface area contributed by atoms with Crippen LogP contribution in [0, 0.1) is 23.7 Å². The van der Waals surface area contributed by atoms with Gasteiger partial charge in [-0.1, -0.05) is 46.3 Å². The highest BCUT2D eigenvalue weighted by Crippen LogP contribution is 2.35. The van der Waals surface area contributed by atoms with Crippen LogP contribution in [0.3, 0.4) is 0 Å². The van der Waals surface area contributed by atoms with Crippen molar-refractivity contribution < 1.29 is 0 Å². The molecule has 0 N–H and O–H groups in total. The van der Waals surface area contributed by atoms with E-state index in [2.05, 4.69) is 40.7 Å². The molecule has 0 aromatic heterocycles. The average molecular weight is 180 g/mol. The Labute approximate surface area is 83.4 Å². The first kappa shape index (κ1) is 10.8. The maximum atomic E-state index is 2.56. The van der Waals surface area contributed by atoms with Crippen molar-refractivity contribution in [2.24, 2.45) is 23.7 Å². The Bertz CT molecular complexity index is 186. The first-order valence-electron chi connectivity index (χ1n) is 5.73. The third-order valence-corrected chi connectivity index (χ3v) is 3.46. The highest BCUT2D eigenvalue weighted by Gasteiger charge is 2.24. The summed E-state index contributed by atoms with van der Waals surface area (Å²) in [5, 5.41) is 0. The van der Waals surface area contributed by atoms with Crippen LogP contribution in [0.4, 0.5) is 0 Å².